The van der Waals surface area contributed by atoms with Gasteiger partial charge in [-0.2, -0.15) is 0 Å². The Labute approximate surface area is 267 Å². The van der Waals surface area contributed by atoms with Crippen LogP contribution >= 0.6 is 0 Å². The molecule has 4 heterocycles. The zero-order valence-corrected chi connectivity index (χ0v) is 25.6. The van der Waals surface area contributed by atoms with E-state index in [2.05, 4.69) is 53.6 Å². The molecule has 11 nitrogen and oxygen atoms in total. The highest BCUT2D eigenvalue weighted by Crippen LogP contribution is 2.26. The van der Waals surface area contributed by atoms with Gasteiger partial charge in [0.15, 0.2) is 0 Å². The van der Waals surface area contributed by atoms with Crippen LogP contribution in [0.4, 0.5) is 27.7 Å². The maximum atomic E-state index is 14.2. The smallest absolute Gasteiger partial charge is 0.320 e. The van der Waals surface area contributed by atoms with Gasteiger partial charge in [-0.25, -0.2) is 14.4 Å². The average Bonchev–Trinajstić information content (AvgIpc) is 3.60. The lowest BCUT2D eigenvalue weighted by Gasteiger charge is -2.24. The molecule has 238 valence electrons. The number of aryl methyl sites for hydroxylation is 1. The Morgan fingerprint density at radius 2 is 1.48 bits per heavy atom. The van der Waals surface area contributed by atoms with Gasteiger partial charge in [0, 0.05) is 49.8 Å². The molecule has 0 unspecified atom stereocenters. The van der Waals surface area contributed by atoms with Crippen LogP contribution in [0.2, 0.25) is 0 Å². The number of hydrogen-bond acceptors (Lipinski definition) is 11. The van der Waals surface area contributed by atoms with Crippen molar-refractivity contribution in [1.29, 1.82) is 0 Å². The van der Waals surface area contributed by atoms with E-state index in [1.165, 1.54) is 6.07 Å². The number of anilines is 4. The van der Waals surface area contributed by atoms with Crippen LogP contribution in [0.25, 0.3) is 11.5 Å². The number of nitrogens with one attached hydrogen (secondary N) is 4. The van der Waals surface area contributed by atoms with Crippen molar-refractivity contribution in [2.45, 2.75) is 25.6 Å². The fraction of sp³-hybridized carbons (Fsp3) is 0.294. The molecule has 0 aliphatic carbocycles. The lowest BCUT2D eigenvalue weighted by Crippen LogP contribution is -2.33. The molecule has 2 saturated heterocycles. The highest BCUT2D eigenvalue weighted by atomic mass is 19.1. The van der Waals surface area contributed by atoms with Crippen LogP contribution in [0.3, 0.4) is 0 Å². The number of halogens is 1. The molecule has 5 aromatic rings. The number of benzene rings is 3. The molecule has 0 radical (unpaired) electrons. The summed E-state index contributed by atoms with van der Waals surface area (Å²) >= 11 is 0. The van der Waals surface area contributed by atoms with Crippen molar-refractivity contribution in [3.63, 3.8) is 0 Å². The molecule has 3 aromatic carbocycles. The van der Waals surface area contributed by atoms with E-state index in [9.17, 15) is 4.39 Å². The Kier molecular flexibility index (Phi) is 10.5. The van der Waals surface area contributed by atoms with E-state index in [1.54, 1.807) is 18.5 Å². The summed E-state index contributed by atoms with van der Waals surface area (Å²) in [4.78, 5) is 8.35. The van der Waals surface area contributed by atoms with E-state index in [0.717, 1.165) is 60.6 Å². The Morgan fingerprint density at radius 3 is 2.11 bits per heavy atom. The fourth-order valence-electron chi connectivity index (χ4n) is 4.99. The molecule has 0 spiro atoms. The largest absolute Gasteiger partial charge is 0.403 e. The first-order chi connectivity index (χ1) is 22.6. The van der Waals surface area contributed by atoms with E-state index in [0.29, 0.717) is 36.7 Å². The number of nitrogens with zero attached hydrogens (tertiary/aromatic N) is 4. The molecule has 2 aliphatic rings. The Bertz CT molecular complexity index is 1660. The molecule has 0 saturated carbocycles. The second kappa shape index (κ2) is 15.5. The van der Waals surface area contributed by atoms with Crippen molar-refractivity contribution in [3.05, 3.63) is 108 Å². The topological polar surface area (TPSA) is 131 Å². The van der Waals surface area contributed by atoms with Crippen molar-refractivity contribution in [3.8, 4) is 11.5 Å². The molecular weight excluding hydrogens is 587 g/mol. The van der Waals surface area contributed by atoms with Crippen LogP contribution in [-0.4, -0.2) is 59.6 Å². The number of rotatable bonds is 8. The SMILES string of the molecule is CCc1cnc(Nc2ccc([C@@H]3CNCCO3)cc2F)nc1.c1ccc(-c2nnc(Nc3ccc([C@H]4CNCCO4)cc3)o2)cc1. The summed E-state index contributed by atoms with van der Waals surface area (Å²) in [6.45, 7) is 6.72. The second-order valence-corrected chi connectivity index (χ2v) is 10.8. The summed E-state index contributed by atoms with van der Waals surface area (Å²) in [5.41, 5.74) is 5.18. The Hall–Kier alpha value is -4.75. The van der Waals surface area contributed by atoms with Crippen molar-refractivity contribution < 1.29 is 18.3 Å². The third-order valence-electron chi connectivity index (χ3n) is 7.56. The van der Waals surface area contributed by atoms with Gasteiger partial charge in [-0.15, -0.1) is 5.10 Å². The second-order valence-electron chi connectivity index (χ2n) is 10.8. The van der Waals surface area contributed by atoms with E-state index in [4.69, 9.17) is 13.9 Å². The van der Waals surface area contributed by atoms with Crippen LogP contribution in [0.5, 0.6) is 0 Å². The molecule has 2 aliphatic heterocycles. The van der Waals surface area contributed by atoms with Gasteiger partial charge < -0.3 is 35.2 Å². The first-order valence-electron chi connectivity index (χ1n) is 15.4. The average molecular weight is 625 g/mol. The van der Waals surface area contributed by atoms with E-state index >= 15 is 0 Å². The summed E-state index contributed by atoms with van der Waals surface area (Å²) in [6.07, 6.45) is 4.36. The van der Waals surface area contributed by atoms with Gasteiger partial charge in [-0.3, -0.25) is 0 Å². The lowest BCUT2D eigenvalue weighted by atomic mass is 10.1. The van der Waals surface area contributed by atoms with Crippen LogP contribution in [-0.2, 0) is 15.9 Å². The molecule has 12 heteroatoms. The predicted molar refractivity (Wildman–Crippen MR) is 174 cm³/mol. The Morgan fingerprint density at radius 1 is 0.804 bits per heavy atom. The van der Waals surface area contributed by atoms with Crippen molar-refractivity contribution in [2.75, 3.05) is 50.0 Å². The number of ether oxygens (including phenoxy) is 2. The van der Waals surface area contributed by atoms with Gasteiger partial charge in [-0.1, -0.05) is 48.4 Å². The van der Waals surface area contributed by atoms with Crippen LogP contribution < -0.4 is 21.3 Å². The van der Waals surface area contributed by atoms with Crippen molar-refractivity contribution >= 4 is 23.3 Å². The van der Waals surface area contributed by atoms with Crippen molar-refractivity contribution in [2.24, 2.45) is 0 Å². The third kappa shape index (κ3) is 8.29. The molecule has 2 aromatic heterocycles. The Balaban J connectivity index is 0.000000162. The molecule has 7 rings (SSSR count). The zero-order chi connectivity index (χ0) is 31.6. The van der Waals surface area contributed by atoms with Gasteiger partial charge in [0.25, 0.3) is 0 Å². The van der Waals surface area contributed by atoms with E-state index < -0.39 is 0 Å². The normalized spacial score (nSPS) is 17.9. The molecule has 2 fully saturated rings. The van der Waals surface area contributed by atoms with Crippen molar-refractivity contribution in [1.82, 2.24) is 30.8 Å². The van der Waals surface area contributed by atoms with Gasteiger partial charge >= 0.3 is 6.01 Å². The minimum Gasteiger partial charge on any atom is -0.403 e. The maximum absolute atomic E-state index is 14.2. The summed E-state index contributed by atoms with van der Waals surface area (Å²) < 4.78 is 31.3. The quantitative estimate of drug-likeness (QED) is 0.169. The summed E-state index contributed by atoms with van der Waals surface area (Å²) in [6, 6.07) is 23.2. The van der Waals surface area contributed by atoms with Gasteiger partial charge in [0.05, 0.1) is 31.1 Å². The standard InChI is InChI=1S/C18H18N4O2.C16H19FN4O/c1-2-4-14(5-3-1)17-21-22-18(24-17)20-15-8-6-13(7-9-15)16-12-19-10-11-23-16;1-2-11-8-19-16(20-9-11)21-14-4-3-12(7-13(14)17)15-10-18-5-6-22-15/h1-9,16,19H,10-12H2,(H,20,22);3-4,7-9,15,18H,2,5-6,10H2,1H3,(H,19,20,21)/t16-;15-/m10/s1. The highest BCUT2D eigenvalue weighted by Gasteiger charge is 2.18. The summed E-state index contributed by atoms with van der Waals surface area (Å²) in [5.74, 6) is 0.547. The molecular formula is C34H37FN8O3. The molecule has 46 heavy (non-hydrogen) atoms. The molecule has 0 amide bonds. The fourth-order valence-corrected chi connectivity index (χ4v) is 4.99. The van der Waals surface area contributed by atoms with E-state index in [-0.39, 0.29) is 18.0 Å². The number of aromatic nitrogens is 4. The first kappa shape index (κ1) is 31.2. The van der Waals surface area contributed by atoms with Crippen LogP contribution in [0.15, 0.2) is 89.6 Å². The van der Waals surface area contributed by atoms with Crippen LogP contribution in [0, 0.1) is 5.82 Å². The number of hydrogen-bond donors (Lipinski definition) is 4. The van der Waals surface area contributed by atoms with Gasteiger partial charge in [0.1, 0.15) is 5.82 Å². The molecule has 2 atom stereocenters. The maximum Gasteiger partial charge on any atom is 0.320 e. The summed E-state index contributed by atoms with van der Waals surface area (Å²) in [7, 11) is 0. The molecule has 4 N–H and O–H groups in total. The minimum absolute atomic E-state index is 0.0996. The lowest BCUT2D eigenvalue weighted by molar-refractivity contribution is 0.0275. The van der Waals surface area contributed by atoms with Gasteiger partial charge in [0.2, 0.25) is 11.8 Å². The van der Waals surface area contributed by atoms with Crippen LogP contribution in [0.1, 0.15) is 35.8 Å². The third-order valence-corrected chi connectivity index (χ3v) is 7.56. The molecule has 0 bridgehead atoms. The summed E-state index contributed by atoms with van der Waals surface area (Å²) in [5, 5.41) is 20.7. The minimum atomic E-state index is -0.338. The number of morpholine rings is 2. The van der Waals surface area contributed by atoms with E-state index in [1.807, 2.05) is 55.5 Å². The highest BCUT2D eigenvalue weighted by molar-refractivity contribution is 5.57. The monoisotopic (exact) mass is 624 g/mol. The van der Waals surface area contributed by atoms with Gasteiger partial charge in [-0.05, 0) is 59.5 Å². The predicted octanol–water partition coefficient (Wildman–Crippen LogP) is 5.72. The zero-order valence-electron chi connectivity index (χ0n) is 25.6. The first-order valence-corrected chi connectivity index (χ1v) is 15.4.